The van der Waals surface area contributed by atoms with Gasteiger partial charge in [0.25, 0.3) is 0 Å². The van der Waals surface area contributed by atoms with Crippen molar-refractivity contribution >= 4 is 27.2 Å². The molecule has 0 amide bonds. The number of rotatable bonds is 5. The maximum atomic E-state index is 12.5. The van der Waals surface area contributed by atoms with Crippen LogP contribution in [0.4, 0.5) is 13.2 Å². The Morgan fingerprint density at radius 3 is 2.33 bits per heavy atom. The monoisotopic (exact) mass is 341 g/mol. The fraction of sp³-hybridized carbons (Fsp3) is 0.455. The minimum Gasteiger partial charge on any atom is -0.388 e. The molecule has 0 aliphatic carbocycles. The molecule has 0 spiro atoms. The first-order valence-electron chi connectivity index (χ1n) is 5.79. The van der Waals surface area contributed by atoms with Gasteiger partial charge in [-0.15, -0.1) is 0 Å². The van der Waals surface area contributed by atoms with Crippen molar-refractivity contribution in [3.63, 3.8) is 0 Å². The highest BCUT2D eigenvalue weighted by Crippen LogP contribution is 2.24. The number of nitrogens with zero attached hydrogens (tertiary/aromatic N) is 2. The largest absolute Gasteiger partial charge is 0.402 e. The first-order valence-corrected chi connectivity index (χ1v) is 7.64. The normalized spacial score (nSPS) is 12.9. The van der Waals surface area contributed by atoms with E-state index < -0.39 is 28.8 Å². The number of alkyl halides is 3. The lowest BCUT2D eigenvalue weighted by Crippen LogP contribution is -2.43. The molecule has 0 aliphatic rings. The predicted molar refractivity (Wildman–Crippen MR) is 75.2 cm³/mol. The van der Waals surface area contributed by atoms with Gasteiger partial charge in [0.15, 0.2) is 0 Å². The molecule has 2 N–H and O–H groups in total. The molecule has 0 saturated carbocycles. The number of aromatic nitrogens is 1. The summed E-state index contributed by atoms with van der Waals surface area (Å²) in [6.45, 7) is 1.16. The molecule has 21 heavy (non-hydrogen) atoms. The van der Waals surface area contributed by atoms with E-state index in [1.807, 2.05) is 0 Å². The number of sulfonamides is 1. The van der Waals surface area contributed by atoms with Crippen molar-refractivity contribution in [3.05, 3.63) is 24.0 Å². The van der Waals surface area contributed by atoms with Crippen LogP contribution in [0.1, 0.15) is 19.5 Å². The van der Waals surface area contributed by atoms with Gasteiger partial charge in [0.05, 0.1) is 5.69 Å². The molecule has 0 aromatic carbocycles. The standard InChI is InChI=1S/C11H14F3N3O2S2/c1-7(2)17(6-11(12,13)14)21(18,19)8-3-4-9(10(15)20)16-5-8/h3-5,7H,6H2,1-2H3,(H2,15,20). The third kappa shape index (κ3) is 4.61. The summed E-state index contributed by atoms with van der Waals surface area (Å²) in [5.74, 6) is 0. The van der Waals surface area contributed by atoms with Crippen molar-refractivity contribution < 1.29 is 21.6 Å². The summed E-state index contributed by atoms with van der Waals surface area (Å²) in [6, 6.07) is 1.52. The van der Waals surface area contributed by atoms with Crippen LogP contribution in [0.3, 0.4) is 0 Å². The maximum absolute atomic E-state index is 12.5. The van der Waals surface area contributed by atoms with E-state index in [2.05, 4.69) is 17.2 Å². The summed E-state index contributed by atoms with van der Waals surface area (Å²) in [7, 11) is -4.31. The predicted octanol–water partition coefficient (Wildman–Crippen LogP) is 1.68. The first-order chi connectivity index (χ1) is 9.45. The van der Waals surface area contributed by atoms with E-state index in [-0.39, 0.29) is 15.6 Å². The molecule has 5 nitrogen and oxygen atoms in total. The molecular formula is C11H14F3N3O2S2. The molecule has 0 radical (unpaired) electrons. The second-order valence-corrected chi connectivity index (χ2v) is 6.83. The summed E-state index contributed by atoms with van der Waals surface area (Å²) < 4.78 is 62.5. The molecule has 1 aromatic rings. The van der Waals surface area contributed by atoms with Gasteiger partial charge in [0.1, 0.15) is 16.4 Å². The number of thiocarbonyl (C=S) groups is 1. The highest BCUT2D eigenvalue weighted by atomic mass is 32.2. The molecule has 0 fully saturated rings. The Kier molecular flexibility index (Phi) is 5.29. The Morgan fingerprint density at radius 1 is 1.43 bits per heavy atom. The van der Waals surface area contributed by atoms with Crippen LogP contribution < -0.4 is 5.73 Å². The Hall–Kier alpha value is -1.26. The summed E-state index contributed by atoms with van der Waals surface area (Å²) >= 11 is 4.67. The fourth-order valence-electron chi connectivity index (χ4n) is 1.54. The minimum atomic E-state index is -4.64. The molecule has 1 rings (SSSR count). The molecule has 0 saturated heterocycles. The van der Waals surface area contributed by atoms with E-state index in [1.165, 1.54) is 19.9 Å². The van der Waals surface area contributed by atoms with Gasteiger partial charge in [-0.25, -0.2) is 8.42 Å². The van der Waals surface area contributed by atoms with E-state index in [1.54, 1.807) is 0 Å². The Morgan fingerprint density at radius 2 is 2.00 bits per heavy atom. The molecular weight excluding hydrogens is 327 g/mol. The van der Waals surface area contributed by atoms with E-state index in [0.717, 1.165) is 12.3 Å². The first kappa shape index (κ1) is 17.8. The van der Waals surface area contributed by atoms with Gasteiger partial charge in [-0.2, -0.15) is 17.5 Å². The SMILES string of the molecule is CC(C)N(CC(F)(F)F)S(=O)(=O)c1ccc(C(N)=S)nc1. The third-order valence-electron chi connectivity index (χ3n) is 2.51. The number of nitrogens with two attached hydrogens (primary N) is 1. The lowest BCUT2D eigenvalue weighted by atomic mass is 10.3. The van der Waals surface area contributed by atoms with Crippen molar-refractivity contribution in [2.24, 2.45) is 5.73 Å². The maximum Gasteiger partial charge on any atom is 0.402 e. The summed E-state index contributed by atoms with van der Waals surface area (Å²) in [5, 5.41) is 0. The fourth-order valence-corrected chi connectivity index (χ4v) is 3.22. The van der Waals surface area contributed by atoms with Crippen LogP contribution in [0.25, 0.3) is 0 Å². The van der Waals surface area contributed by atoms with Gasteiger partial charge < -0.3 is 5.73 Å². The highest BCUT2D eigenvalue weighted by Gasteiger charge is 2.38. The number of hydrogen-bond donors (Lipinski definition) is 1. The summed E-state index contributed by atoms with van der Waals surface area (Å²) in [4.78, 5) is 3.35. The van der Waals surface area contributed by atoms with Gasteiger partial charge in [-0.05, 0) is 26.0 Å². The van der Waals surface area contributed by atoms with Crippen molar-refractivity contribution in [2.75, 3.05) is 6.54 Å². The van der Waals surface area contributed by atoms with Crippen molar-refractivity contribution in [1.29, 1.82) is 0 Å². The smallest absolute Gasteiger partial charge is 0.388 e. The molecule has 0 bridgehead atoms. The third-order valence-corrected chi connectivity index (χ3v) is 4.72. The van der Waals surface area contributed by atoms with Crippen LogP contribution in [0.2, 0.25) is 0 Å². The van der Waals surface area contributed by atoms with Gasteiger partial charge in [-0.1, -0.05) is 12.2 Å². The average Bonchev–Trinajstić information content (AvgIpc) is 2.34. The van der Waals surface area contributed by atoms with Crippen LogP contribution in [0.5, 0.6) is 0 Å². The van der Waals surface area contributed by atoms with Crippen molar-refractivity contribution in [3.8, 4) is 0 Å². The van der Waals surface area contributed by atoms with Crippen LogP contribution in [-0.4, -0.2) is 41.5 Å². The van der Waals surface area contributed by atoms with Crippen LogP contribution in [0, 0.1) is 0 Å². The Bertz CT molecular complexity index is 613. The topological polar surface area (TPSA) is 76.3 Å². The quantitative estimate of drug-likeness (QED) is 0.825. The summed E-state index contributed by atoms with van der Waals surface area (Å²) in [6.07, 6.45) is -3.70. The van der Waals surface area contributed by atoms with Gasteiger partial charge in [0, 0.05) is 12.2 Å². The Balaban J connectivity index is 3.20. The van der Waals surface area contributed by atoms with E-state index in [9.17, 15) is 21.6 Å². The second kappa shape index (κ2) is 6.24. The van der Waals surface area contributed by atoms with Crippen molar-refractivity contribution in [2.45, 2.75) is 31.0 Å². The zero-order chi connectivity index (χ0) is 16.4. The van der Waals surface area contributed by atoms with Crippen LogP contribution in [-0.2, 0) is 10.0 Å². The molecule has 1 aromatic heterocycles. The molecule has 118 valence electrons. The number of halogens is 3. The Labute approximate surface area is 126 Å². The lowest BCUT2D eigenvalue weighted by molar-refractivity contribution is -0.138. The number of hydrogen-bond acceptors (Lipinski definition) is 4. The molecule has 1 heterocycles. The van der Waals surface area contributed by atoms with E-state index in [4.69, 9.17) is 5.73 Å². The van der Waals surface area contributed by atoms with Gasteiger partial charge in [0.2, 0.25) is 10.0 Å². The lowest BCUT2D eigenvalue weighted by Gasteiger charge is -2.26. The number of pyridine rings is 1. The molecule has 0 unspecified atom stereocenters. The zero-order valence-corrected chi connectivity index (χ0v) is 12.9. The summed E-state index contributed by atoms with van der Waals surface area (Å²) in [5.41, 5.74) is 5.52. The van der Waals surface area contributed by atoms with Crippen molar-refractivity contribution in [1.82, 2.24) is 9.29 Å². The van der Waals surface area contributed by atoms with E-state index >= 15 is 0 Å². The molecule has 10 heteroatoms. The molecule has 0 aliphatic heterocycles. The van der Waals surface area contributed by atoms with Gasteiger partial charge in [-0.3, -0.25) is 4.98 Å². The minimum absolute atomic E-state index is 0.0324. The zero-order valence-electron chi connectivity index (χ0n) is 11.3. The van der Waals surface area contributed by atoms with Gasteiger partial charge >= 0.3 is 6.18 Å². The average molecular weight is 341 g/mol. The van der Waals surface area contributed by atoms with E-state index in [0.29, 0.717) is 4.31 Å². The second-order valence-electron chi connectivity index (χ2n) is 4.50. The molecule has 0 atom stereocenters. The highest BCUT2D eigenvalue weighted by molar-refractivity contribution is 7.89. The van der Waals surface area contributed by atoms with Crippen LogP contribution >= 0.6 is 12.2 Å². The van der Waals surface area contributed by atoms with Crippen LogP contribution in [0.15, 0.2) is 23.2 Å².